The minimum Gasteiger partial charge on any atom is -0.481 e. The summed E-state index contributed by atoms with van der Waals surface area (Å²) in [6.07, 6.45) is 8.62. The molecule has 3 aromatic rings. The van der Waals surface area contributed by atoms with Crippen molar-refractivity contribution in [1.82, 2.24) is 0 Å². The molecule has 0 amide bonds. The van der Waals surface area contributed by atoms with Gasteiger partial charge in [-0.15, -0.1) is 0 Å². The number of hydrogen-bond acceptors (Lipinski definition) is 5. The van der Waals surface area contributed by atoms with Gasteiger partial charge >= 0.3 is 11.9 Å². The van der Waals surface area contributed by atoms with Crippen molar-refractivity contribution >= 4 is 95.5 Å². The first-order valence-electron chi connectivity index (χ1n) is 12.9. The zero-order valence-corrected chi connectivity index (χ0v) is 27.5. The predicted molar refractivity (Wildman–Crippen MR) is 174 cm³/mol. The Hall–Kier alpha value is -2.15. The molecule has 0 saturated carbocycles. The number of halogens is 2. The van der Waals surface area contributed by atoms with Crippen molar-refractivity contribution in [1.29, 1.82) is 0 Å². The normalized spacial score (nSPS) is 18.4. The number of aromatic nitrogens is 1. The molecule has 0 bridgehead atoms. The number of rotatable bonds is 8. The van der Waals surface area contributed by atoms with Crippen LogP contribution in [0.2, 0.25) is 0 Å². The lowest BCUT2D eigenvalue weighted by atomic mass is 9.75. The topological polar surface area (TPSA) is 81.7 Å². The Kier molecular flexibility index (Phi) is 8.80. The van der Waals surface area contributed by atoms with Crippen molar-refractivity contribution in [2.75, 3.05) is 11.4 Å². The van der Waals surface area contributed by atoms with Gasteiger partial charge in [-0.2, -0.15) is 4.57 Å². The summed E-state index contributed by atoms with van der Waals surface area (Å²) in [4.78, 5) is 26.1. The van der Waals surface area contributed by atoms with E-state index in [0.29, 0.717) is 13.1 Å². The molecule has 5 rings (SSSR count). The molecule has 208 valence electrons. The van der Waals surface area contributed by atoms with Crippen LogP contribution in [0.5, 0.6) is 0 Å². The van der Waals surface area contributed by atoms with Gasteiger partial charge in [0.1, 0.15) is 11.1 Å². The third kappa shape index (κ3) is 6.83. The molecule has 0 fully saturated rings. The fraction of sp³-hybridized carbons (Fsp3) is 0.300. The predicted octanol–water partition coefficient (Wildman–Crippen LogP) is 8.09. The molecule has 0 unspecified atom stereocenters. The number of benzene rings is 2. The van der Waals surface area contributed by atoms with Crippen molar-refractivity contribution in [3.8, 4) is 0 Å². The van der Waals surface area contributed by atoms with Crippen LogP contribution in [-0.4, -0.2) is 28.7 Å². The quantitative estimate of drug-likeness (QED) is 0.179. The van der Waals surface area contributed by atoms with Crippen LogP contribution in [0.4, 0.5) is 5.69 Å². The number of anilines is 1. The van der Waals surface area contributed by atoms with Crippen molar-refractivity contribution in [2.45, 2.75) is 51.0 Å². The Labute approximate surface area is 263 Å². The molecule has 1 aromatic heterocycles. The molecule has 2 aliphatic rings. The summed E-state index contributed by atoms with van der Waals surface area (Å²) >= 11 is 9.22. The van der Waals surface area contributed by atoms with Gasteiger partial charge in [0.05, 0.1) is 17.1 Å². The number of carboxylic acid groups (broad SMARTS) is 2. The maximum Gasteiger partial charge on any atom is 0.309 e. The summed E-state index contributed by atoms with van der Waals surface area (Å²) in [6.45, 7) is 5.37. The molecule has 10 heteroatoms. The third-order valence-electron chi connectivity index (χ3n) is 6.84. The summed E-state index contributed by atoms with van der Waals surface area (Å²) in [5.74, 6) is -1.62. The van der Waals surface area contributed by atoms with Crippen molar-refractivity contribution in [2.24, 2.45) is 5.41 Å². The van der Waals surface area contributed by atoms with Crippen LogP contribution in [0, 0.1) is 8.99 Å². The van der Waals surface area contributed by atoms with Gasteiger partial charge in [-0.3, -0.25) is 9.59 Å². The highest BCUT2D eigenvalue weighted by Crippen LogP contribution is 2.48. The first-order chi connectivity index (χ1) is 19.0. The van der Waals surface area contributed by atoms with Crippen LogP contribution in [0.25, 0.3) is 16.3 Å². The van der Waals surface area contributed by atoms with E-state index in [9.17, 15) is 19.8 Å². The molecule has 2 aromatic carbocycles. The molecule has 2 heterocycles. The van der Waals surface area contributed by atoms with Gasteiger partial charge in [0, 0.05) is 31.6 Å². The summed E-state index contributed by atoms with van der Waals surface area (Å²) < 4.78 is 5.35. The van der Waals surface area contributed by atoms with Crippen LogP contribution in [0.3, 0.4) is 0 Å². The van der Waals surface area contributed by atoms with E-state index < -0.39 is 11.9 Å². The van der Waals surface area contributed by atoms with E-state index in [1.54, 1.807) is 23.1 Å². The summed E-state index contributed by atoms with van der Waals surface area (Å²) in [5, 5.41) is 20.8. The molecule has 2 N–H and O–H groups in total. The Bertz CT molecular complexity index is 1610. The van der Waals surface area contributed by atoms with Crippen molar-refractivity contribution in [3.63, 3.8) is 0 Å². The van der Waals surface area contributed by atoms with Gasteiger partial charge in [0.15, 0.2) is 6.54 Å². The van der Waals surface area contributed by atoms with Crippen LogP contribution in [-0.2, 0) is 16.1 Å². The van der Waals surface area contributed by atoms with Crippen molar-refractivity contribution in [3.05, 3.63) is 77.8 Å². The number of carboxylic acids is 2. The van der Waals surface area contributed by atoms with E-state index in [1.807, 2.05) is 12.1 Å². The monoisotopic (exact) mass is 751 g/mol. The van der Waals surface area contributed by atoms with E-state index in [4.69, 9.17) is 0 Å². The zero-order valence-electron chi connectivity index (χ0n) is 22.1. The fourth-order valence-corrected chi connectivity index (χ4v) is 8.36. The third-order valence-corrected chi connectivity index (χ3v) is 10.2. The maximum atomic E-state index is 11.4. The Morgan fingerprint density at radius 2 is 1.88 bits per heavy atom. The van der Waals surface area contributed by atoms with Crippen LogP contribution >= 0.6 is 61.6 Å². The van der Waals surface area contributed by atoms with E-state index in [1.165, 1.54) is 11.1 Å². The second-order valence-corrected chi connectivity index (χ2v) is 15.1. The maximum absolute atomic E-state index is 11.4. The highest BCUT2D eigenvalue weighted by Gasteiger charge is 2.30. The number of carbonyl (C=O) groups is 2. The Morgan fingerprint density at radius 1 is 1.10 bits per heavy atom. The van der Waals surface area contributed by atoms with Gasteiger partial charge in [-0.25, -0.2) is 0 Å². The molecule has 6 nitrogen and oxygen atoms in total. The molecule has 1 aliphatic heterocycles. The lowest BCUT2D eigenvalue weighted by Gasteiger charge is -2.31. The molecule has 0 radical (unpaired) electrons. The van der Waals surface area contributed by atoms with E-state index in [-0.39, 0.29) is 18.3 Å². The second-order valence-electron chi connectivity index (χ2n) is 10.8. The number of thiazole rings is 1. The molecular formula is C30H29BrIN2O4S2+. The largest absolute Gasteiger partial charge is 0.481 e. The Morgan fingerprint density at radius 3 is 2.62 bits per heavy atom. The minimum absolute atomic E-state index is 0.0377. The molecule has 1 aliphatic carbocycles. The number of nitrogens with zero attached hydrogens (tertiary/aromatic N) is 2. The van der Waals surface area contributed by atoms with E-state index in [2.05, 4.69) is 104 Å². The molecule has 0 saturated heterocycles. The van der Waals surface area contributed by atoms with Gasteiger partial charge in [-0.05, 0) is 88.4 Å². The van der Waals surface area contributed by atoms with Crippen molar-refractivity contribution < 1.29 is 24.4 Å². The average molecular weight is 753 g/mol. The van der Waals surface area contributed by atoms with Gasteiger partial charge in [-0.1, -0.05) is 59.0 Å². The number of thioether (sulfide) groups is 1. The molecule has 0 spiro atoms. The van der Waals surface area contributed by atoms with Crippen LogP contribution < -0.4 is 9.47 Å². The van der Waals surface area contributed by atoms with Gasteiger partial charge < -0.3 is 15.1 Å². The molecule has 40 heavy (non-hydrogen) atoms. The number of fused-ring (bicyclic) bond motifs is 2. The highest BCUT2D eigenvalue weighted by molar-refractivity contribution is 14.1. The van der Waals surface area contributed by atoms with E-state index in [0.717, 1.165) is 51.7 Å². The first kappa shape index (κ1) is 29.3. The summed E-state index contributed by atoms with van der Waals surface area (Å²) in [5.41, 5.74) is 4.53. The standard InChI is InChI=1S/C30H28BrIN2O4S2/c1-30(2)16-18(12-26-33(9-7-28(35)36)22-14-20(31)3-5-24(22)39-26)11-19(17-30)13-27-34(10-8-29(37)38)23-15-21(32)4-6-25(23)40-27/h3-6,11-15H,7-10,16-17H2,1-2H3,(H-,35,36,37,38)/p+1. The number of allylic oxidation sites excluding steroid dienone is 4. The van der Waals surface area contributed by atoms with Crippen LogP contribution in [0.15, 0.2) is 74.1 Å². The summed E-state index contributed by atoms with van der Waals surface area (Å²) in [6, 6.07) is 12.4. The first-order valence-corrected chi connectivity index (χ1v) is 16.4. The highest BCUT2D eigenvalue weighted by atomic mass is 127. The average Bonchev–Trinajstić information content (AvgIpc) is 3.36. The van der Waals surface area contributed by atoms with E-state index >= 15 is 0 Å². The molecular weight excluding hydrogens is 723 g/mol. The fourth-order valence-electron chi connectivity index (χ4n) is 5.25. The smallest absolute Gasteiger partial charge is 0.309 e. The molecule has 0 atom stereocenters. The van der Waals surface area contributed by atoms with Crippen LogP contribution in [0.1, 0.15) is 44.5 Å². The Balaban J connectivity index is 1.54. The number of hydrogen-bond donors (Lipinski definition) is 2. The van der Waals surface area contributed by atoms with Gasteiger partial charge in [0.25, 0.3) is 5.01 Å². The number of aryl methyl sites for hydroxylation is 1. The number of aliphatic carboxylic acids is 2. The lowest BCUT2D eigenvalue weighted by molar-refractivity contribution is -0.667. The van der Waals surface area contributed by atoms with Gasteiger partial charge in [0.2, 0.25) is 5.52 Å². The lowest BCUT2D eigenvalue weighted by Crippen LogP contribution is -2.36. The zero-order chi connectivity index (χ0) is 28.6. The minimum atomic E-state index is -0.815. The SMILES string of the molecule is CC1(C)CC(C=C2Sc3ccc(Br)cc3N2CCC(=O)O)=CC(=Cc2sc3ccc(I)cc3[n+]2CCC(=O)O)C1. The second kappa shape index (κ2) is 12.0. The summed E-state index contributed by atoms with van der Waals surface area (Å²) in [7, 11) is 0.